The van der Waals surface area contributed by atoms with Crippen molar-refractivity contribution in [2.45, 2.75) is 10.6 Å². The van der Waals surface area contributed by atoms with Crippen LogP contribution >= 0.6 is 27.7 Å². The van der Waals surface area contributed by atoms with Crippen molar-refractivity contribution in [3.8, 4) is 0 Å². The maximum Gasteiger partial charge on any atom is 0.354 e. The van der Waals surface area contributed by atoms with E-state index < -0.39 is 5.97 Å². The average Bonchev–Trinajstić information content (AvgIpc) is 2.38. The highest BCUT2D eigenvalue weighted by atomic mass is 79.9. The third-order valence-corrected chi connectivity index (χ3v) is 3.62. The average molecular weight is 325 g/mol. The number of aromatic carboxylic acids is 1. The molecular formula is C12H9BrN2O2S. The van der Waals surface area contributed by atoms with Gasteiger partial charge in [-0.05, 0) is 40.2 Å². The number of hydrogen-bond acceptors (Lipinski definition) is 4. The van der Waals surface area contributed by atoms with Crippen LogP contribution in [-0.2, 0) is 5.75 Å². The van der Waals surface area contributed by atoms with Gasteiger partial charge in [0.05, 0.1) is 5.69 Å². The molecule has 0 fully saturated rings. The van der Waals surface area contributed by atoms with Gasteiger partial charge in [0.1, 0.15) is 5.69 Å². The molecule has 0 aliphatic heterocycles. The van der Waals surface area contributed by atoms with E-state index in [1.165, 1.54) is 18.0 Å². The molecule has 0 saturated carbocycles. The zero-order valence-electron chi connectivity index (χ0n) is 9.21. The Morgan fingerprint density at radius 3 is 2.83 bits per heavy atom. The summed E-state index contributed by atoms with van der Waals surface area (Å²) in [5.41, 5.74) is 1.00. The van der Waals surface area contributed by atoms with Crippen molar-refractivity contribution in [3.63, 3.8) is 0 Å². The van der Waals surface area contributed by atoms with Gasteiger partial charge in [0.15, 0.2) is 0 Å². The highest BCUT2D eigenvalue weighted by molar-refractivity contribution is 9.10. The number of carbonyl (C=O) groups is 1. The van der Waals surface area contributed by atoms with Gasteiger partial charge >= 0.3 is 5.97 Å². The first kappa shape index (κ1) is 13.0. The molecule has 2 rings (SSSR count). The van der Waals surface area contributed by atoms with Crippen LogP contribution in [0.1, 0.15) is 16.2 Å². The van der Waals surface area contributed by atoms with E-state index in [9.17, 15) is 4.79 Å². The van der Waals surface area contributed by atoms with E-state index in [0.717, 1.165) is 15.1 Å². The van der Waals surface area contributed by atoms with Crippen LogP contribution in [0, 0.1) is 0 Å². The van der Waals surface area contributed by atoms with Gasteiger partial charge < -0.3 is 5.11 Å². The van der Waals surface area contributed by atoms with Crippen LogP contribution in [0.4, 0.5) is 0 Å². The summed E-state index contributed by atoms with van der Waals surface area (Å²) in [5, 5.41) is 8.84. The summed E-state index contributed by atoms with van der Waals surface area (Å²) in [6.45, 7) is 0. The Morgan fingerprint density at radius 1 is 1.33 bits per heavy atom. The third kappa shape index (κ3) is 3.54. The Hall–Kier alpha value is -1.40. The van der Waals surface area contributed by atoms with Gasteiger partial charge in [-0.25, -0.2) is 9.78 Å². The smallest absolute Gasteiger partial charge is 0.354 e. The minimum absolute atomic E-state index is 0.0590. The fourth-order valence-electron chi connectivity index (χ4n) is 1.27. The largest absolute Gasteiger partial charge is 0.477 e. The number of pyridine rings is 2. The molecular weight excluding hydrogens is 316 g/mol. The van der Waals surface area contributed by atoms with Gasteiger partial charge in [0, 0.05) is 27.5 Å². The van der Waals surface area contributed by atoms with Crippen molar-refractivity contribution in [1.82, 2.24) is 9.97 Å². The maximum atomic E-state index is 10.8. The molecule has 0 radical (unpaired) electrons. The van der Waals surface area contributed by atoms with Crippen molar-refractivity contribution < 1.29 is 9.90 Å². The van der Waals surface area contributed by atoms with E-state index in [0.29, 0.717) is 5.75 Å². The summed E-state index contributed by atoms with van der Waals surface area (Å²) in [7, 11) is 0. The van der Waals surface area contributed by atoms with E-state index in [2.05, 4.69) is 25.9 Å². The summed E-state index contributed by atoms with van der Waals surface area (Å²) >= 11 is 4.85. The molecule has 4 nitrogen and oxygen atoms in total. The minimum atomic E-state index is -1.01. The summed E-state index contributed by atoms with van der Waals surface area (Å²) < 4.78 is 0.938. The van der Waals surface area contributed by atoms with Crippen LogP contribution in [-0.4, -0.2) is 21.0 Å². The lowest BCUT2D eigenvalue weighted by atomic mass is 10.3. The molecule has 0 spiro atoms. The number of carboxylic acids is 1. The monoisotopic (exact) mass is 324 g/mol. The zero-order chi connectivity index (χ0) is 13.0. The van der Waals surface area contributed by atoms with E-state index in [-0.39, 0.29) is 5.69 Å². The Balaban J connectivity index is 2.04. The number of carboxylic acid groups (broad SMARTS) is 1. The van der Waals surface area contributed by atoms with Gasteiger partial charge in [-0.1, -0.05) is 0 Å². The molecule has 0 aliphatic carbocycles. The standard InChI is InChI=1S/C12H9BrN2O2S/c13-8-1-2-9(15-6-8)7-18-10-3-4-14-11(5-10)12(16)17/h1-6H,7H2,(H,16,17). The highest BCUT2D eigenvalue weighted by Gasteiger charge is 2.05. The second-order valence-electron chi connectivity index (χ2n) is 3.44. The van der Waals surface area contributed by atoms with Crippen molar-refractivity contribution >= 4 is 33.7 Å². The van der Waals surface area contributed by atoms with E-state index in [4.69, 9.17) is 5.11 Å². The molecule has 2 aromatic heterocycles. The zero-order valence-corrected chi connectivity index (χ0v) is 11.6. The summed E-state index contributed by atoms with van der Waals surface area (Å²) in [5.74, 6) is -0.324. The van der Waals surface area contributed by atoms with Crippen molar-refractivity contribution in [2.24, 2.45) is 0 Å². The molecule has 0 bridgehead atoms. The summed E-state index contributed by atoms with van der Waals surface area (Å²) in [6.07, 6.45) is 3.24. The van der Waals surface area contributed by atoms with Gasteiger partial charge in [-0.2, -0.15) is 0 Å². The minimum Gasteiger partial charge on any atom is -0.477 e. The molecule has 0 saturated heterocycles. The number of aromatic nitrogens is 2. The van der Waals surface area contributed by atoms with Crippen LogP contribution in [0.5, 0.6) is 0 Å². The SMILES string of the molecule is O=C(O)c1cc(SCc2ccc(Br)cn2)ccn1. The molecule has 92 valence electrons. The topological polar surface area (TPSA) is 63.1 Å². The first-order valence-electron chi connectivity index (χ1n) is 5.08. The first-order chi connectivity index (χ1) is 8.65. The number of rotatable bonds is 4. The second-order valence-corrected chi connectivity index (χ2v) is 5.40. The lowest BCUT2D eigenvalue weighted by Gasteiger charge is -2.02. The number of nitrogens with zero attached hydrogens (tertiary/aromatic N) is 2. The van der Waals surface area contributed by atoms with Gasteiger partial charge in [0.2, 0.25) is 0 Å². The summed E-state index contributed by atoms with van der Waals surface area (Å²) in [4.78, 5) is 19.7. The Kier molecular flexibility index (Phi) is 4.33. The number of thioether (sulfide) groups is 1. The Morgan fingerprint density at radius 2 is 2.17 bits per heavy atom. The number of hydrogen-bond donors (Lipinski definition) is 1. The van der Waals surface area contributed by atoms with Gasteiger partial charge in [0.25, 0.3) is 0 Å². The van der Waals surface area contributed by atoms with Crippen LogP contribution in [0.2, 0.25) is 0 Å². The molecule has 0 unspecified atom stereocenters. The second kappa shape index (κ2) is 5.97. The molecule has 18 heavy (non-hydrogen) atoms. The van der Waals surface area contributed by atoms with Crippen LogP contribution in [0.25, 0.3) is 0 Å². The van der Waals surface area contributed by atoms with Crippen molar-refractivity contribution in [3.05, 3.63) is 52.5 Å². The van der Waals surface area contributed by atoms with E-state index in [1.54, 1.807) is 18.3 Å². The lowest BCUT2D eigenvalue weighted by molar-refractivity contribution is 0.0690. The molecule has 0 amide bonds. The van der Waals surface area contributed by atoms with Crippen LogP contribution in [0.15, 0.2) is 46.0 Å². The first-order valence-corrected chi connectivity index (χ1v) is 6.85. The predicted octanol–water partition coefficient (Wildman–Crippen LogP) is 3.23. The molecule has 0 atom stereocenters. The Bertz CT molecular complexity index is 560. The molecule has 0 aromatic carbocycles. The molecule has 2 aromatic rings. The number of halogens is 1. The Labute approximate surface area is 117 Å². The van der Waals surface area contributed by atoms with Crippen LogP contribution < -0.4 is 0 Å². The van der Waals surface area contributed by atoms with E-state index >= 15 is 0 Å². The van der Waals surface area contributed by atoms with Crippen molar-refractivity contribution in [1.29, 1.82) is 0 Å². The fraction of sp³-hybridized carbons (Fsp3) is 0.0833. The highest BCUT2D eigenvalue weighted by Crippen LogP contribution is 2.22. The van der Waals surface area contributed by atoms with Crippen LogP contribution in [0.3, 0.4) is 0 Å². The van der Waals surface area contributed by atoms with E-state index in [1.807, 2.05) is 12.1 Å². The fourth-order valence-corrected chi connectivity index (χ4v) is 2.34. The molecule has 2 heterocycles. The maximum absolute atomic E-state index is 10.8. The molecule has 0 aliphatic rings. The summed E-state index contributed by atoms with van der Waals surface area (Å²) in [6, 6.07) is 7.20. The van der Waals surface area contributed by atoms with Gasteiger partial charge in [-0.3, -0.25) is 4.98 Å². The quantitative estimate of drug-likeness (QED) is 0.875. The normalized spacial score (nSPS) is 10.3. The predicted molar refractivity (Wildman–Crippen MR) is 72.7 cm³/mol. The third-order valence-electron chi connectivity index (χ3n) is 2.13. The molecule has 6 heteroatoms. The lowest BCUT2D eigenvalue weighted by Crippen LogP contribution is -1.99. The molecule has 1 N–H and O–H groups in total. The van der Waals surface area contributed by atoms with Gasteiger partial charge in [-0.15, -0.1) is 11.8 Å². The van der Waals surface area contributed by atoms with Crippen molar-refractivity contribution in [2.75, 3.05) is 0 Å².